The van der Waals surface area contributed by atoms with Crippen LogP contribution in [0, 0.1) is 0 Å². The smallest absolute Gasteiger partial charge is 0.331 e. The number of esters is 1. The van der Waals surface area contributed by atoms with Crippen LogP contribution in [0.1, 0.15) is 18.4 Å². The molecule has 0 N–H and O–H groups in total. The maximum Gasteiger partial charge on any atom is 0.331 e. The monoisotopic (exact) mass is 377 g/mol. The average Bonchev–Trinajstić information content (AvgIpc) is 2.86. The Balaban J connectivity index is 0.00000162. The maximum absolute atomic E-state index is 11.7. The van der Waals surface area contributed by atoms with Crippen LogP contribution in [0.2, 0.25) is 0 Å². The van der Waals surface area contributed by atoms with Gasteiger partial charge in [-0.1, -0.05) is 30.3 Å². The van der Waals surface area contributed by atoms with Crippen molar-refractivity contribution in [3.05, 3.63) is 35.9 Å². The normalized spacial score (nSPS) is 17.8. The van der Waals surface area contributed by atoms with Crippen molar-refractivity contribution in [1.29, 1.82) is 0 Å². The Kier molecular flexibility index (Phi) is 6.70. The second-order valence-electron chi connectivity index (χ2n) is 3.87. The number of carbonyl (C=O) groups excluding carboxylic acids is 1. The van der Waals surface area contributed by atoms with Crippen molar-refractivity contribution in [2.45, 2.75) is 25.5 Å². The molecule has 3 nitrogen and oxygen atoms in total. The topological polar surface area (TPSA) is 38.7 Å². The Morgan fingerprint density at radius 3 is 2.78 bits per heavy atom. The van der Waals surface area contributed by atoms with Crippen LogP contribution in [0.4, 0.5) is 0 Å². The fourth-order valence-electron chi connectivity index (χ4n) is 1.71. The number of rotatable bonds is 3. The second kappa shape index (κ2) is 7.78. The number of hydrogen-bond donors (Lipinski definition) is 0. The van der Waals surface area contributed by atoms with E-state index in [0.29, 0.717) is 6.61 Å². The van der Waals surface area contributed by atoms with E-state index in [0.717, 1.165) is 23.4 Å². The number of carbonyl (C=O) groups is 1. The molecule has 0 amide bonds. The number of halogens is 1. The fraction of sp³-hybridized carbons (Fsp3) is 0.385. The van der Waals surface area contributed by atoms with Gasteiger partial charge in [-0.25, -0.2) is 4.79 Å². The number of ether oxygens (including phenoxy) is 1. The lowest BCUT2D eigenvalue weighted by Crippen LogP contribution is -2.18. The van der Waals surface area contributed by atoms with Gasteiger partial charge in [0.2, 0.25) is 0 Å². The lowest BCUT2D eigenvalue weighted by molar-refractivity contribution is -0.146. The first-order chi connectivity index (χ1) is 8.29. The van der Waals surface area contributed by atoms with E-state index in [1.54, 1.807) is 11.8 Å². The zero-order valence-corrected chi connectivity index (χ0v) is 13.3. The van der Waals surface area contributed by atoms with Crippen molar-refractivity contribution >= 4 is 46.8 Å². The van der Waals surface area contributed by atoms with E-state index < -0.39 is 0 Å². The van der Waals surface area contributed by atoms with Crippen LogP contribution >= 0.6 is 35.7 Å². The van der Waals surface area contributed by atoms with E-state index in [1.807, 2.05) is 36.6 Å². The van der Waals surface area contributed by atoms with Crippen molar-refractivity contribution in [3.63, 3.8) is 0 Å². The molecular formula is C13H16INO2S. The predicted molar refractivity (Wildman–Crippen MR) is 85.6 cm³/mol. The third-order valence-electron chi connectivity index (χ3n) is 2.66. The van der Waals surface area contributed by atoms with Crippen molar-refractivity contribution in [1.82, 2.24) is 0 Å². The summed E-state index contributed by atoms with van der Waals surface area (Å²) in [5.41, 5.74) is 1.01. The van der Waals surface area contributed by atoms with Gasteiger partial charge in [0.05, 0.1) is 5.04 Å². The van der Waals surface area contributed by atoms with E-state index in [-0.39, 0.29) is 36.0 Å². The van der Waals surface area contributed by atoms with Crippen molar-refractivity contribution in [2.24, 2.45) is 4.99 Å². The first-order valence-corrected chi connectivity index (χ1v) is 6.83. The minimum atomic E-state index is -0.291. The summed E-state index contributed by atoms with van der Waals surface area (Å²) in [5.74, 6) is -0.210. The molecule has 0 bridgehead atoms. The van der Waals surface area contributed by atoms with Gasteiger partial charge in [0, 0.05) is 0 Å². The molecule has 2 rings (SSSR count). The molecule has 1 atom stereocenters. The zero-order valence-electron chi connectivity index (χ0n) is 10.2. The van der Waals surface area contributed by atoms with Crippen molar-refractivity contribution < 1.29 is 9.53 Å². The molecule has 98 valence electrons. The second-order valence-corrected chi connectivity index (χ2v) is 4.75. The predicted octanol–water partition coefficient (Wildman–Crippen LogP) is 3.27. The summed E-state index contributed by atoms with van der Waals surface area (Å²) < 4.78 is 5.25. The third kappa shape index (κ3) is 4.28. The third-order valence-corrected chi connectivity index (χ3v) is 3.44. The van der Waals surface area contributed by atoms with E-state index in [9.17, 15) is 4.79 Å². The molecule has 0 saturated heterocycles. The Morgan fingerprint density at radius 1 is 1.44 bits per heavy atom. The summed E-state index contributed by atoms with van der Waals surface area (Å²) in [6.45, 7) is 0.334. The molecule has 1 unspecified atom stereocenters. The van der Waals surface area contributed by atoms with E-state index in [2.05, 4.69) is 4.99 Å². The van der Waals surface area contributed by atoms with Crippen LogP contribution in [0.3, 0.4) is 0 Å². The molecule has 1 aliphatic rings. The minimum absolute atomic E-state index is 0. The minimum Gasteiger partial charge on any atom is -0.459 e. The zero-order chi connectivity index (χ0) is 12.1. The summed E-state index contributed by atoms with van der Waals surface area (Å²) in [6, 6.07) is 9.40. The quantitative estimate of drug-likeness (QED) is 0.600. The molecule has 5 heteroatoms. The number of thioether (sulfide) groups is 1. The van der Waals surface area contributed by atoms with Crippen molar-refractivity contribution in [3.8, 4) is 0 Å². The lowest BCUT2D eigenvalue weighted by atomic mass is 10.2. The van der Waals surface area contributed by atoms with Gasteiger partial charge in [0.15, 0.2) is 0 Å². The number of nitrogens with zero attached hydrogens (tertiary/aromatic N) is 1. The largest absolute Gasteiger partial charge is 0.459 e. The molecule has 1 heterocycles. The first-order valence-electron chi connectivity index (χ1n) is 5.61. The molecule has 1 aliphatic heterocycles. The highest BCUT2D eigenvalue weighted by atomic mass is 127. The molecular weight excluding hydrogens is 361 g/mol. The van der Waals surface area contributed by atoms with Gasteiger partial charge in [-0.05, 0) is 24.7 Å². The van der Waals surface area contributed by atoms with E-state index in [1.165, 1.54) is 0 Å². The highest BCUT2D eigenvalue weighted by Crippen LogP contribution is 2.20. The van der Waals surface area contributed by atoms with Crippen LogP contribution in [0.25, 0.3) is 0 Å². The van der Waals surface area contributed by atoms with E-state index in [4.69, 9.17) is 4.74 Å². The van der Waals surface area contributed by atoms with Crippen LogP contribution in [-0.4, -0.2) is 23.3 Å². The summed E-state index contributed by atoms with van der Waals surface area (Å²) in [7, 11) is 0. The molecule has 0 radical (unpaired) electrons. The standard InChI is InChI=1S/C13H15NO2S.HI/c1-17-12-8-7-11(14-12)13(15)16-9-10-5-3-2-4-6-10;/h2-6,11H,7-9H2,1H3;1H. The molecule has 0 fully saturated rings. The Hall–Kier alpha value is -0.560. The SMILES string of the molecule is CSC1=NC(C(=O)OCc2ccccc2)CC1.I. The molecule has 0 saturated carbocycles. The van der Waals surface area contributed by atoms with Gasteiger partial charge in [-0.15, -0.1) is 35.7 Å². The van der Waals surface area contributed by atoms with Crippen LogP contribution < -0.4 is 0 Å². The average molecular weight is 377 g/mol. The Morgan fingerprint density at radius 2 is 2.17 bits per heavy atom. The van der Waals surface area contributed by atoms with Crippen LogP contribution in [0.5, 0.6) is 0 Å². The summed E-state index contributed by atoms with van der Waals surface area (Å²) >= 11 is 1.61. The van der Waals surface area contributed by atoms with Gasteiger partial charge in [0.25, 0.3) is 0 Å². The van der Waals surface area contributed by atoms with Crippen LogP contribution in [-0.2, 0) is 16.1 Å². The fourth-order valence-corrected chi connectivity index (χ4v) is 2.27. The maximum atomic E-state index is 11.7. The van der Waals surface area contributed by atoms with Gasteiger partial charge >= 0.3 is 5.97 Å². The van der Waals surface area contributed by atoms with Gasteiger partial charge < -0.3 is 4.74 Å². The van der Waals surface area contributed by atoms with Gasteiger partial charge in [-0.3, -0.25) is 4.99 Å². The van der Waals surface area contributed by atoms with Crippen LogP contribution in [0.15, 0.2) is 35.3 Å². The van der Waals surface area contributed by atoms with E-state index >= 15 is 0 Å². The Bertz CT molecular complexity index is 422. The molecule has 0 aliphatic carbocycles. The Labute approximate surface area is 128 Å². The van der Waals surface area contributed by atoms with Gasteiger partial charge in [-0.2, -0.15) is 0 Å². The number of hydrogen-bond acceptors (Lipinski definition) is 4. The summed E-state index contributed by atoms with van der Waals surface area (Å²) in [4.78, 5) is 16.1. The molecule has 0 spiro atoms. The molecule has 0 aromatic heterocycles. The molecule has 1 aromatic rings. The highest BCUT2D eigenvalue weighted by Gasteiger charge is 2.25. The number of aliphatic imine (C=N–C) groups is 1. The lowest BCUT2D eigenvalue weighted by Gasteiger charge is -2.07. The number of benzene rings is 1. The molecule has 18 heavy (non-hydrogen) atoms. The van der Waals surface area contributed by atoms with Gasteiger partial charge in [0.1, 0.15) is 12.6 Å². The summed E-state index contributed by atoms with van der Waals surface area (Å²) in [6.07, 6.45) is 3.66. The highest BCUT2D eigenvalue weighted by molar-refractivity contribution is 14.0. The molecule has 1 aromatic carbocycles. The summed E-state index contributed by atoms with van der Waals surface area (Å²) in [5, 5.41) is 1.05. The first kappa shape index (κ1) is 15.5. The van der Waals surface area contributed by atoms with Crippen molar-refractivity contribution in [2.75, 3.05) is 6.26 Å².